The number of hydrogen-bond acceptors (Lipinski definition) is 9. The third-order valence-electron chi connectivity index (χ3n) is 12.9. The maximum absolute atomic E-state index is 12.9. The van der Waals surface area contributed by atoms with E-state index >= 15 is 0 Å². The average molecular weight is 897 g/mol. The number of ether oxygens (including phenoxy) is 4. The van der Waals surface area contributed by atoms with Crippen LogP contribution in [-0.2, 0) is 23.7 Å². The molecule has 1 fully saturated rings. The predicted molar refractivity (Wildman–Crippen MR) is 261 cm³/mol. The maximum Gasteiger partial charge on any atom is 0.306 e. The summed E-state index contributed by atoms with van der Waals surface area (Å²) in [7, 11) is 0. The van der Waals surface area contributed by atoms with Gasteiger partial charge in [-0.1, -0.05) is 231 Å². The number of allylic oxidation sites excluding steroid dienone is 2. The van der Waals surface area contributed by atoms with Gasteiger partial charge in [0.15, 0.2) is 6.29 Å². The van der Waals surface area contributed by atoms with Crippen molar-refractivity contribution in [3.63, 3.8) is 0 Å². The van der Waals surface area contributed by atoms with Gasteiger partial charge >= 0.3 is 5.97 Å². The van der Waals surface area contributed by atoms with Gasteiger partial charge in [-0.25, -0.2) is 0 Å². The lowest BCUT2D eigenvalue weighted by molar-refractivity contribution is -0.305. The minimum Gasteiger partial charge on any atom is -0.457 e. The van der Waals surface area contributed by atoms with Gasteiger partial charge in [-0.05, 0) is 38.5 Å². The highest BCUT2D eigenvalue weighted by Crippen LogP contribution is 2.23. The lowest BCUT2D eigenvalue weighted by Crippen LogP contribution is -2.59. The van der Waals surface area contributed by atoms with E-state index in [0.717, 1.165) is 32.1 Å². The van der Waals surface area contributed by atoms with E-state index in [-0.39, 0.29) is 19.2 Å². The Morgan fingerprint density at radius 3 is 1.29 bits per heavy atom. The lowest BCUT2D eigenvalue weighted by atomic mass is 9.99. The minimum absolute atomic E-state index is 0.108. The molecule has 1 saturated heterocycles. The highest BCUT2D eigenvalue weighted by molar-refractivity contribution is 5.69. The molecule has 9 nitrogen and oxygen atoms in total. The molecular formula is C54H104O9. The second-order valence-electron chi connectivity index (χ2n) is 19.0. The molecule has 0 bridgehead atoms. The first-order valence-electron chi connectivity index (χ1n) is 27.3. The van der Waals surface area contributed by atoms with Crippen molar-refractivity contribution in [3.8, 4) is 0 Å². The van der Waals surface area contributed by atoms with Gasteiger partial charge < -0.3 is 39.4 Å². The fourth-order valence-corrected chi connectivity index (χ4v) is 8.67. The molecule has 1 heterocycles. The molecule has 0 saturated carbocycles. The van der Waals surface area contributed by atoms with Crippen LogP contribution in [0.4, 0.5) is 0 Å². The molecular weight excluding hydrogens is 793 g/mol. The lowest BCUT2D eigenvalue weighted by Gasteiger charge is -2.39. The Kier molecular flexibility index (Phi) is 43.8. The van der Waals surface area contributed by atoms with Crippen molar-refractivity contribution >= 4 is 5.97 Å². The largest absolute Gasteiger partial charge is 0.457 e. The van der Waals surface area contributed by atoms with Crippen molar-refractivity contribution in [2.45, 2.75) is 301 Å². The van der Waals surface area contributed by atoms with Crippen LogP contribution in [0.25, 0.3) is 0 Å². The van der Waals surface area contributed by atoms with Crippen molar-refractivity contribution in [2.24, 2.45) is 0 Å². The summed E-state index contributed by atoms with van der Waals surface area (Å²) in [4.78, 5) is 12.9. The van der Waals surface area contributed by atoms with E-state index < -0.39 is 43.4 Å². The number of hydrogen-bond donors (Lipinski definition) is 4. The second-order valence-corrected chi connectivity index (χ2v) is 19.0. The Morgan fingerprint density at radius 1 is 0.492 bits per heavy atom. The molecule has 1 aliphatic rings. The second kappa shape index (κ2) is 46.1. The maximum atomic E-state index is 12.9. The quantitative estimate of drug-likeness (QED) is 0.0267. The van der Waals surface area contributed by atoms with Gasteiger partial charge in [-0.2, -0.15) is 0 Å². The fourth-order valence-electron chi connectivity index (χ4n) is 8.67. The van der Waals surface area contributed by atoms with Gasteiger partial charge in [0.05, 0.1) is 19.8 Å². The number of aliphatic hydroxyl groups excluding tert-OH is 4. The molecule has 63 heavy (non-hydrogen) atoms. The highest BCUT2D eigenvalue weighted by Gasteiger charge is 2.44. The molecule has 0 amide bonds. The van der Waals surface area contributed by atoms with E-state index in [1.54, 1.807) is 0 Å². The Bertz CT molecular complexity index is 977. The fraction of sp³-hybridized carbons (Fsp3) is 0.944. The van der Waals surface area contributed by atoms with Gasteiger partial charge in [-0.3, -0.25) is 4.79 Å². The molecule has 4 N–H and O–H groups in total. The van der Waals surface area contributed by atoms with Gasteiger partial charge in [0.1, 0.15) is 30.5 Å². The van der Waals surface area contributed by atoms with Gasteiger partial charge in [0, 0.05) is 13.0 Å². The van der Waals surface area contributed by atoms with Crippen molar-refractivity contribution in [1.29, 1.82) is 0 Å². The number of aliphatic hydroxyl groups is 4. The molecule has 0 aliphatic carbocycles. The topological polar surface area (TPSA) is 135 Å². The van der Waals surface area contributed by atoms with Crippen molar-refractivity contribution < 1.29 is 44.2 Å². The van der Waals surface area contributed by atoms with E-state index in [1.807, 2.05) is 0 Å². The van der Waals surface area contributed by atoms with Crippen LogP contribution in [-0.4, -0.2) is 89.6 Å². The van der Waals surface area contributed by atoms with E-state index in [9.17, 15) is 25.2 Å². The molecule has 0 aromatic rings. The smallest absolute Gasteiger partial charge is 0.306 e. The van der Waals surface area contributed by atoms with Crippen LogP contribution < -0.4 is 0 Å². The summed E-state index contributed by atoms with van der Waals surface area (Å²) in [5, 5.41) is 40.3. The van der Waals surface area contributed by atoms with Gasteiger partial charge in [0.2, 0.25) is 0 Å². The summed E-state index contributed by atoms with van der Waals surface area (Å²) < 4.78 is 22.9. The SMILES string of the molecule is CCCCCCCC/C=C\CCCCCCCCCCCCOCC(COC1OC(CO)C(O)C(O)C1O)OC(=O)CCCCCCCCCCCCCCCCCCCCCC. The van der Waals surface area contributed by atoms with Crippen LogP contribution in [0, 0.1) is 0 Å². The first-order valence-corrected chi connectivity index (χ1v) is 27.3. The molecule has 0 aromatic carbocycles. The Hall–Kier alpha value is -1.07. The third-order valence-corrected chi connectivity index (χ3v) is 12.9. The Balaban J connectivity index is 2.16. The van der Waals surface area contributed by atoms with Gasteiger partial charge in [-0.15, -0.1) is 0 Å². The zero-order chi connectivity index (χ0) is 45.7. The Morgan fingerprint density at radius 2 is 0.873 bits per heavy atom. The molecule has 0 radical (unpaired) electrons. The van der Waals surface area contributed by atoms with E-state index in [0.29, 0.717) is 13.0 Å². The summed E-state index contributed by atoms with van der Waals surface area (Å²) in [6.07, 6.45) is 46.8. The summed E-state index contributed by atoms with van der Waals surface area (Å²) >= 11 is 0. The van der Waals surface area contributed by atoms with E-state index in [2.05, 4.69) is 26.0 Å². The van der Waals surface area contributed by atoms with Crippen molar-refractivity contribution in [2.75, 3.05) is 26.4 Å². The highest BCUT2D eigenvalue weighted by atomic mass is 16.7. The van der Waals surface area contributed by atoms with E-state index in [4.69, 9.17) is 18.9 Å². The molecule has 0 spiro atoms. The number of carbonyl (C=O) groups is 1. The standard InChI is InChI=1S/C54H104O9/c1-3-5-7-9-11-13-15-17-19-21-23-25-27-29-31-33-35-37-39-41-43-50(56)62-48(47-61-54-53(59)52(58)51(57)49(45-55)63-54)46-60-44-42-40-38-36-34-32-30-28-26-24-22-20-18-16-14-12-10-8-6-4-2/h18,20,48-49,51-55,57-59H,3-17,19,21-47H2,1-2H3/b20-18-. The summed E-state index contributed by atoms with van der Waals surface area (Å²) in [6, 6.07) is 0. The first kappa shape index (κ1) is 59.9. The number of unbranched alkanes of at least 4 members (excludes halogenated alkanes) is 35. The first-order chi connectivity index (χ1) is 30.9. The average Bonchev–Trinajstić information content (AvgIpc) is 3.28. The number of carbonyl (C=O) groups excluding carboxylic acids is 1. The molecule has 1 aliphatic heterocycles. The zero-order valence-corrected chi connectivity index (χ0v) is 41.4. The van der Waals surface area contributed by atoms with Crippen LogP contribution in [0.5, 0.6) is 0 Å². The molecule has 374 valence electrons. The number of esters is 1. The third kappa shape index (κ3) is 36.7. The monoisotopic (exact) mass is 897 g/mol. The molecule has 1 rings (SSSR count). The molecule has 0 aromatic heterocycles. The predicted octanol–water partition coefficient (Wildman–Crippen LogP) is 13.5. The summed E-state index contributed by atoms with van der Waals surface area (Å²) in [5.74, 6) is -0.306. The van der Waals surface area contributed by atoms with Crippen molar-refractivity contribution in [1.82, 2.24) is 0 Å². The molecule has 6 atom stereocenters. The van der Waals surface area contributed by atoms with Crippen LogP contribution >= 0.6 is 0 Å². The molecule has 6 unspecified atom stereocenters. The minimum atomic E-state index is -1.53. The van der Waals surface area contributed by atoms with Crippen LogP contribution in [0.3, 0.4) is 0 Å². The van der Waals surface area contributed by atoms with Crippen molar-refractivity contribution in [3.05, 3.63) is 12.2 Å². The van der Waals surface area contributed by atoms with Crippen LogP contribution in [0.1, 0.15) is 264 Å². The Labute approximate surface area is 388 Å². The number of rotatable bonds is 48. The van der Waals surface area contributed by atoms with Gasteiger partial charge in [0.25, 0.3) is 0 Å². The summed E-state index contributed by atoms with van der Waals surface area (Å²) in [5.41, 5.74) is 0. The van der Waals surface area contributed by atoms with Crippen LogP contribution in [0.2, 0.25) is 0 Å². The molecule has 9 heteroatoms. The zero-order valence-electron chi connectivity index (χ0n) is 41.4. The van der Waals surface area contributed by atoms with Crippen LogP contribution in [0.15, 0.2) is 12.2 Å². The summed E-state index contributed by atoms with van der Waals surface area (Å²) in [6.45, 7) is 4.61. The normalized spacial score (nSPS) is 19.6. The van der Waals surface area contributed by atoms with E-state index in [1.165, 1.54) is 212 Å².